The van der Waals surface area contributed by atoms with E-state index in [1.54, 1.807) is 12.1 Å². The Morgan fingerprint density at radius 1 is 1.00 bits per heavy atom. The molecule has 5 nitrogen and oxygen atoms in total. The van der Waals surface area contributed by atoms with Crippen LogP contribution < -0.4 is 0 Å². The molecule has 0 saturated heterocycles. The number of aromatic hydroxyl groups is 1. The van der Waals surface area contributed by atoms with Crippen molar-refractivity contribution in [2.24, 2.45) is 0 Å². The Morgan fingerprint density at radius 2 is 1.52 bits per heavy atom. The highest BCUT2D eigenvalue weighted by Crippen LogP contribution is 2.32. The molecule has 0 spiro atoms. The first-order valence-electron chi connectivity index (χ1n) is 9.08. The molecule has 0 radical (unpaired) electrons. The second kappa shape index (κ2) is 10.9. The van der Waals surface area contributed by atoms with E-state index in [2.05, 4.69) is 0 Å². The number of carbonyl (C=O) groups is 2. The lowest BCUT2D eigenvalue weighted by Gasteiger charge is -2.13. The summed E-state index contributed by atoms with van der Waals surface area (Å²) in [7, 11) is 0. The molecular formula is C22H24Cl2O5. The van der Waals surface area contributed by atoms with Crippen LogP contribution in [0.3, 0.4) is 0 Å². The summed E-state index contributed by atoms with van der Waals surface area (Å²) >= 11 is 12.6. The molecule has 0 saturated carbocycles. The van der Waals surface area contributed by atoms with Gasteiger partial charge in [0.2, 0.25) is 0 Å². The first-order valence-corrected chi connectivity index (χ1v) is 9.83. The third kappa shape index (κ3) is 6.51. The van der Waals surface area contributed by atoms with Crippen molar-refractivity contribution in [3.05, 3.63) is 68.2 Å². The van der Waals surface area contributed by atoms with Crippen LogP contribution in [0.15, 0.2) is 35.9 Å². The van der Waals surface area contributed by atoms with Gasteiger partial charge in [0.1, 0.15) is 11.3 Å². The number of carboxylic acid groups (broad SMARTS) is 2. The summed E-state index contributed by atoms with van der Waals surface area (Å²) in [6, 6.07) is 8.22. The number of phenolic OH excluding ortho intramolecular Hbond substituents is 1. The number of rotatable bonds is 6. The Hall–Kier alpha value is -2.50. The smallest absolute Gasteiger partial charge is 0.343 e. The van der Waals surface area contributed by atoms with E-state index in [1.165, 1.54) is 12.1 Å². The fourth-order valence-corrected chi connectivity index (χ4v) is 3.27. The molecule has 0 aromatic heterocycles. The van der Waals surface area contributed by atoms with Crippen LogP contribution in [-0.4, -0.2) is 27.3 Å². The van der Waals surface area contributed by atoms with Crippen molar-refractivity contribution in [3.8, 4) is 5.75 Å². The zero-order valence-corrected chi connectivity index (χ0v) is 18.2. The van der Waals surface area contributed by atoms with Gasteiger partial charge in [0.25, 0.3) is 0 Å². The Balaban J connectivity index is 0.00000204. The van der Waals surface area contributed by atoms with E-state index in [0.29, 0.717) is 22.0 Å². The second-order valence-electron chi connectivity index (χ2n) is 6.36. The monoisotopic (exact) mass is 438 g/mol. The second-order valence-corrected chi connectivity index (χ2v) is 7.17. The van der Waals surface area contributed by atoms with Crippen molar-refractivity contribution < 1.29 is 24.9 Å². The lowest BCUT2D eigenvalue weighted by Crippen LogP contribution is -2.10. The van der Waals surface area contributed by atoms with Crippen molar-refractivity contribution in [3.63, 3.8) is 0 Å². The zero-order chi connectivity index (χ0) is 22.3. The molecule has 0 aliphatic heterocycles. The van der Waals surface area contributed by atoms with Crippen LogP contribution in [0, 0.1) is 0 Å². The van der Waals surface area contributed by atoms with Gasteiger partial charge in [0.05, 0.1) is 0 Å². The minimum absolute atomic E-state index is 0.147. The quantitative estimate of drug-likeness (QED) is 0.292. The van der Waals surface area contributed by atoms with E-state index < -0.39 is 17.5 Å². The molecule has 0 heterocycles. The highest BCUT2D eigenvalue weighted by Gasteiger charge is 2.17. The number of carboxylic acids is 2. The number of aliphatic carboxylic acids is 2. The number of phenols is 1. The Kier molecular flexibility index (Phi) is 9.21. The predicted octanol–water partition coefficient (Wildman–Crippen LogP) is 5.99. The summed E-state index contributed by atoms with van der Waals surface area (Å²) in [6.45, 7) is 7.95. The van der Waals surface area contributed by atoms with Crippen LogP contribution in [0.25, 0.3) is 6.08 Å². The van der Waals surface area contributed by atoms with Crippen molar-refractivity contribution in [1.82, 2.24) is 0 Å². The molecule has 156 valence electrons. The molecule has 0 atom stereocenters. The molecule has 2 rings (SSSR count). The molecule has 0 bridgehead atoms. The molecule has 0 unspecified atom stereocenters. The number of hydrogen-bond acceptors (Lipinski definition) is 3. The van der Waals surface area contributed by atoms with Gasteiger partial charge in [-0.2, -0.15) is 0 Å². The Morgan fingerprint density at radius 3 is 1.97 bits per heavy atom. The largest absolute Gasteiger partial charge is 0.508 e. The maximum atomic E-state index is 11.0. The predicted molar refractivity (Wildman–Crippen MR) is 116 cm³/mol. The minimum Gasteiger partial charge on any atom is -0.508 e. The molecule has 7 heteroatoms. The molecule has 0 amide bonds. The van der Waals surface area contributed by atoms with E-state index in [9.17, 15) is 14.7 Å². The molecule has 2 aromatic rings. The van der Waals surface area contributed by atoms with Gasteiger partial charge in [-0.05, 0) is 52.4 Å². The van der Waals surface area contributed by atoms with Crippen molar-refractivity contribution in [2.45, 2.75) is 40.0 Å². The topological polar surface area (TPSA) is 94.8 Å². The van der Waals surface area contributed by atoms with Gasteiger partial charge >= 0.3 is 11.9 Å². The lowest BCUT2D eigenvalue weighted by atomic mass is 9.96. The summed E-state index contributed by atoms with van der Waals surface area (Å²) in [5.74, 6) is -2.73. The fraction of sp³-hybridized carbons (Fsp3) is 0.273. The summed E-state index contributed by atoms with van der Waals surface area (Å²) in [5, 5.41) is 28.4. The molecule has 0 fully saturated rings. The van der Waals surface area contributed by atoms with Gasteiger partial charge in [-0.3, -0.25) is 0 Å². The van der Waals surface area contributed by atoms with E-state index >= 15 is 0 Å². The normalized spacial score (nSPS) is 10.2. The van der Waals surface area contributed by atoms with Gasteiger partial charge in [0.15, 0.2) is 0 Å². The Bertz CT molecular complexity index is 894. The van der Waals surface area contributed by atoms with Crippen molar-refractivity contribution in [1.29, 1.82) is 0 Å². The third-order valence-corrected chi connectivity index (χ3v) is 4.70. The average molecular weight is 439 g/mol. The van der Waals surface area contributed by atoms with E-state index in [4.69, 9.17) is 33.4 Å². The standard InChI is InChI=1S/C20H18Cl2O5.C2H6/c1-10(2)13-5-11(3-4-18(13)23)6-14-16(21)8-12(9-17(14)22)7-15(19(24)25)20(26)27;1-2/h3-5,7-10,23H,6H2,1-2H3,(H,24,25)(H,26,27);1-2H3. The van der Waals surface area contributed by atoms with Crippen LogP contribution in [0.4, 0.5) is 0 Å². The summed E-state index contributed by atoms with van der Waals surface area (Å²) in [4.78, 5) is 22.0. The van der Waals surface area contributed by atoms with Gasteiger partial charge in [-0.15, -0.1) is 0 Å². The van der Waals surface area contributed by atoms with Crippen LogP contribution in [0.1, 0.15) is 55.9 Å². The fourth-order valence-electron chi connectivity index (χ4n) is 2.64. The highest BCUT2D eigenvalue weighted by atomic mass is 35.5. The first kappa shape index (κ1) is 24.5. The molecule has 0 aliphatic rings. The SMILES string of the molecule is CC.CC(C)c1cc(Cc2c(Cl)cc(C=C(C(=O)O)C(=O)O)cc2Cl)ccc1O. The molecule has 2 aromatic carbocycles. The summed E-state index contributed by atoms with van der Waals surface area (Å²) in [6.07, 6.45) is 1.41. The van der Waals surface area contributed by atoms with Crippen molar-refractivity contribution in [2.75, 3.05) is 0 Å². The number of hydrogen-bond donors (Lipinski definition) is 3. The molecular weight excluding hydrogens is 415 g/mol. The third-order valence-electron chi connectivity index (χ3n) is 4.03. The van der Waals surface area contributed by atoms with Gasteiger partial charge in [0, 0.05) is 16.5 Å². The minimum atomic E-state index is -1.55. The van der Waals surface area contributed by atoms with Gasteiger partial charge in [-0.25, -0.2) is 9.59 Å². The van der Waals surface area contributed by atoms with Gasteiger partial charge < -0.3 is 15.3 Å². The van der Waals surface area contributed by atoms with Crippen LogP contribution >= 0.6 is 23.2 Å². The summed E-state index contributed by atoms with van der Waals surface area (Å²) in [5.41, 5.74) is 1.84. The van der Waals surface area contributed by atoms with E-state index in [0.717, 1.165) is 17.2 Å². The lowest BCUT2D eigenvalue weighted by molar-refractivity contribution is -0.140. The number of halogens is 2. The van der Waals surface area contributed by atoms with Gasteiger partial charge in [-0.1, -0.05) is 63.0 Å². The zero-order valence-electron chi connectivity index (χ0n) is 16.7. The summed E-state index contributed by atoms with van der Waals surface area (Å²) < 4.78 is 0. The molecule has 0 aliphatic carbocycles. The van der Waals surface area contributed by atoms with E-state index in [-0.39, 0.29) is 17.2 Å². The van der Waals surface area contributed by atoms with E-state index in [1.807, 2.05) is 33.8 Å². The maximum absolute atomic E-state index is 11.0. The van der Waals surface area contributed by atoms with Crippen molar-refractivity contribution >= 4 is 41.2 Å². The maximum Gasteiger partial charge on any atom is 0.343 e. The molecule has 29 heavy (non-hydrogen) atoms. The molecule has 3 N–H and O–H groups in total. The highest BCUT2D eigenvalue weighted by molar-refractivity contribution is 6.36. The number of benzene rings is 2. The Labute approximate surface area is 180 Å². The van der Waals surface area contributed by atoms with Crippen LogP contribution in [-0.2, 0) is 16.0 Å². The van der Waals surface area contributed by atoms with Crippen LogP contribution in [0.2, 0.25) is 10.0 Å². The first-order chi connectivity index (χ1) is 13.6. The average Bonchev–Trinajstić information content (AvgIpc) is 2.65. The van der Waals surface area contributed by atoms with Crippen LogP contribution in [0.5, 0.6) is 5.75 Å².